The number of carbonyl (C=O) groups excluding carboxylic acids is 1. The third-order valence-corrected chi connectivity index (χ3v) is 6.07. The maximum absolute atomic E-state index is 12.6. The van der Waals surface area contributed by atoms with Crippen LogP contribution < -0.4 is 5.32 Å². The summed E-state index contributed by atoms with van der Waals surface area (Å²) in [7, 11) is 0. The van der Waals surface area contributed by atoms with Crippen molar-refractivity contribution in [2.24, 2.45) is 0 Å². The van der Waals surface area contributed by atoms with Crippen molar-refractivity contribution in [2.45, 2.75) is 18.4 Å². The summed E-state index contributed by atoms with van der Waals surface area (Å²) < 4.78 is 6.33. The summed E-state index contributed by atoms with van der Waals surface area (Å²) in [5.74, 6) is -1.26. The Morgan fingerprint density at radius 2 is 1.50 bits per heavy atom. The first-order valence-corrected chi connectivity index (χ1v) is 10.3. The zero-order valence-electron chi connectivity index (χ0n) is 16.3. The van der Waals surface area contributed by atoms with E-state index in [2.05, 4.69) is 33.4 Å². The molecule has 0 spiro atoms. The number of carboxylic acid groups (broad SMARTS) is 1. The van der Waals surface area contributed by atoms with Crippen LogP contribution in [0.15, 0.2) is 77.3 Å². The number of nitrogens with one attached hydrogen (secondary N) is 1. The zero-order valence-corrected chi connectivity index (χ0v) is 17.8. The maximum atomic E-state index is 12.6. The summed E-state index contributed by atoms with van der Waals surface area (Å²) in [6.07, 6.45) is -0.773. The van der Waals surface area contributed by atoms with E-state index in [1.54, 1.807) is 24.3 Å². The third kappa shape index (κ3) is 3.59. The van der Waals surface area contributed by atoms with E-state index in [-0.39, 0.29) is 12.5 Å². The van der Waals surface area contributed by atoms with E-state index < -0.39 is 17.6 Å². The first kappa shape index (κ1) is 20.2. The molecule has 0 bridgehead atoms. The molecule has 0 saturated carbocycles. The number of hydrogen-bond acceptors (Lipinski definition) is 3. The Hall–Kier alpha value is -3.12. The van der Waals surface area contributed by atoms with Gasteiger partial charge in [0.2, 0.25) is 0 Å². The lowest BCUT2D eigenvalue weighted by Gasteiger charge is -2.27. The van der Waals surface area contributed by atoms with Crippen LogP contribution in [0.3, 0.4) is 0 Å². The number of hydrogen-bond donors (Lipinski definition) is 2. The highest BCUT2D eigenvalue weighted by Crippen LogP contribution is 2.44. The number of alkyl carbamates (subject to hydrolysis) is 1. The van der Waals surface area contributed by atoms with Gasteiger partial charge in [-0.25, -0.2) is 9.59 Å². The summed E-state index contributed by atoms with van der Waals surface area (Å²) in [6.45, 7) is 1.57. The predicted molar refractivity (Wildman–Crippen MR) is 117 cm³/mol. The standard InChI is InChI=1S/C24H20BrNO4/c1-24(22(27)28,15-10-12-16(25)13-11-15)26-23(29)30-14-21-19-8-4-2-6-17(19)18-7-3-5-9-20(18)21/h2-13,21H,14H2,1H3,(H,26,29)(H,27,28). The fraction of sp³-hybridized carbons (Fsp3) is 0.167. The van der Waals surface area contributed by atoms with Crippen molar-refractivity contribution >= 4 is 28.0 Å². The number of carboxylic acids is 1. The second-order valence-corrected chi connectivity index (χ2v) is 8.30. The highest BCUT2D eigenvalue weighted by molar-refractivity contribution is 9.10. The first-order chi connectivity index (χ1) is 14.4. The fourth-order valence-electron chi connectivity index (χ4n) is 3.87. The molecule has 1 unspecified atom stereocenters. The first-order valence-electron chi connectivity index (χ1n) is 9.53. The van der Waals surface area contributed by atoms with Crippen LogP contribution in [0, 0.1) is 0 Å². The van der Waals surface area contributed by atoms with Crippen molar-refractivity contribution in [3.63, 3.8) is 0 Å². The number of ether oxygens (including phenoxy) is 1. The van der Waals surface area contributed by atoms with Crippen molar-refractivity contribution in [1.29, 1.82) is 0 Å². The molecule has 0 saturated heterocycles. The second kappa shape index (κ2) is 7.95. The molecule has 1 amide bonds. The number of amides is 1. The molecule has 1 aliphatic rings. The third-order valence-electron chi connectivity index (χ3n) is 5.55. The largest absolute Gasteiger partial charge is 0.479 e. The monoisotopic (exact) mass is 465 g/mol. The SMILES string of the molecule is CC(NC(=O)OCC1c2ccccc2-c2ccccc21)(C(=O)O)c1ccc(Br)cc1. The smallest absolute Gasteiger partial charge is 0.408 e. The number of aliphatic carboxylic acids is 1. The van der Waals surface area contributed by atoms with Gasteiger partial charge in [-0.2, -0.15) is 0 Å². The Morgan fingerprint density at radius 1 is 0.967 bits per heavy atom. The Labute approximate surface area is 182 Å². The van der Waals surface area contributed by atoms with Crippen LogP contribution in [0.2, 0.25) is 0 Å². The van der Waals surface area contributed by atoms with Gasteiger partial charge in [0.25, 0.3) is 0 Å². The summed E-state index contributed by atoms with van der Waals surface area (Å²) in [6, 6.07) is 22.9. The minimum Gasteiger partial charge on any atom is -0.479 e. The van der Waals surface area contributed by atoms with Crippen LogP contribution in [-0.2, 0) is 15.1 Å². The minimum absolute atomic E-state index is 0.0908. The Kier molecular flexibility index (Phi) is 5.35. The van der Waals surface area contributed by atoms with Gasteiger partial charge in [-0.15, -0.1) is 0 Å². The second-order valence-electron chi connectivity index (χ2n) is 7.39. The molecule has 3 aromatic rings. The number of halogens is 1. The molecular formula is C24H20BrNO4. The number of rotatable bonds is 5. The molecule has 3 aromatic carbocycles. The molecule has 0 heterocycles. The molecule has 0 fully saturated rings. The average molecular weight is 466 g/mol. The Balaban J connectivity index is 1.52. The van der Waals surface area contributed by atoms with Gasteiger partial charge >= 0.3 is 12.1 Å². The summed E-state index contributed by atoms with van der Waals surface area (Å²) >= 11 is 3.33. The topological polar surface area (TPSA) is 75.6 Å². The van der Waals surface area contributed by atoms with E-state index in [9.17, 15) is 14.7 Å². The van der Waals surface area contributed by atoms with Crippen molar-refractivity contribution in [3.8, 4) is 11.1 Å². The predicted octanol–water partition coefficient (Wildman–Crippen LogP) is 5.29. The number of fused-ring (bicyclic) bond motifs is 3. The lowest BCUT2D eigenvalue weighted by molar-refractivity contribution is -0.144. The van der Waals surface area contributed by atoms with Gasteiger partial charge in [0.1, 0.15) is 6.61 Å². The van der Waals surface area contributed by atoms with Gasteiger partial charge in [-0.1, -0.05) is 76.6 Å². The van der Waals surface area contributed by atoms with E-state index in [1.807, 2.05) is 36.4 Å². The average Bonchev–Trinajstić information content (AvgIpc) is 3.06. The van der Waals surface area contributed by atoms with Gasteiger partial charge in [0, 0.05) is 10.4 Å². The molecule has 152 valence electrons. The molecule has 4 rings (SSSR count). The molecule has 0 aromatic heterocycles. The quantitative estimate of drug-likeness (QED) is 0.536. The van der Waals surface area contributed by atoms with Crippen molar-refractivity contribution in [3.05, 3.63) is 94.0 Å². The van der Waals surface area contributed by atoms with E-state index in [0.29, 0.717) is 5.56 Å². The van der Waals surface area contributed by atoms with Crippen LogP contribution in [-0.4, -0.2) is 23.8 Å². The molecular weight excluding hydrogens is 446 g/mol. The highest BCUT2D eigenvalue weighted by atomic mass is 79.9. The number of carbonyl (C=O) groups is 2. The zero-order chi connectivity index (χ0) is 21.3. The Bertz CT molecular complexity index is 1070. The molecule has 1 aliphatic carbocycles. The summed E-state index contributed by atoms with van der Waals surface area (Å²) in [4.78, 5) is 24.5. The van der Waals surface area contributed by atoms with Crippen molar-refractivity contribution in [1.82, 2.24) is 5.32 Å². The molecule has 6 heteroatoms. The number of benzene rings is 3. The van der Waals surface area contributed by atoms with Crippen LogP contribution >= 0.6 is 15.9 Å². The van der Waals surface area contributed by atoms with E-state index >= 15 is 0 Å². The lowest BCUT2D eigenvalue weighted by Crippen LogP contribution is -2.49. The molecule has 0 aliphatic heterocycles. The van der Waals surface area contributed by atoms with Crippen LogP contribution in [0.25, 0.3) is 11.1 Å². The molecule has 5 nitrogen and oxygen atoms in total. The van der Waals surface area contributed by atoms with Crippen LogP contribution in [0.1, 0.15) is 29.5 Å². The van der Waals surface area contributed by atoms with Gasteiger partial charge in [0.05, 0.1) is 0 Å². The maximum Gasteiger partial charge on any atom is 0.408 e. The van der Waals surface area contributed by atoms with Gasteiger partial charge < -0.3 is 15.2 Å². The van der Waals surface area contributed by atoms with Gasteiger partial charge in [-0.3, -0.25) is 0 Å². The van der Waals surface area contributed by atoms with E-state index in [1.165, 1.54) is 6.92 Å². The summed E-state index contributed by atoms with van der Waals surface area (Å²) in [5.41, 5.74) is 3.30. The van der Waals surface area contributed by atoms with Gasteiger partial charge in [-0.05, 0) is 46.9 Å². The Morgan fingerprint density at radius 3 is 2.03 bits per heavy atom. The molecule has 1 atom stereocenters. The summed E-state index contributed by atoms with van der Waals surface area (Å²) in [5, 5.41) is 12.3. The van der Waals surface area contributed by atoms with Crippen molar-refractivity contribution < 1.29 is 19.4 Å². The van der Waals surface area contributed by atoms with Crippen molar-refractivity contribution in [2.75, 3.05) is 6.61 Å². The van der Waals surface area contributed by atoms with E-state index in [0.717, 1.165) is 26.7 Å². The lowest BCUT2D eigenvalue weighted by atomic mass is 9.92. The highest BCUT2D eigenvalue weighted by Gasteiger charge is 2.38. The molecule has 0 radical (unpaired) electrons. The molecule has 30 heavy (non-hydrogen) atoms. The minimum atomic E-state index is -1.61. The van der Waals surface area contributed by atoms with Gasteiger partial charge in [0.15, 0.2) is 5.54 Å². The van der Waals surface area contributed by atoms with E-state index in [4.69, 9.17) is 4.74 Å². The molecule has 2 N–H and O–H groups in total. The fourth-order valence-corrected chi connectivity index (χ4v) is 4.14. The van der Waals surface area contributed by atoms with Crippen LogP contribution in [0.4, 0.5) is 4.79 Å². The van der Waals surface area contributed by atoms with Crippen LogP contribution in [0.5, 0.6) is 0 Å². The normalized spacial score (nSPS) is 14.3.